The van der Waals surface area contributed by atoms with Crippen LogP contribution in [0.25, 0.3) is 0 Å². The molecule has 0 fully saturated rings. The molecule has 0 spiro atoms. The molecule has 1 amide bonds. The van der Waals surface area contributed by atoms with E-state index in [4.69, 9.17) is 10.5 Å². The predicted molar refractivity (Wildman–Crippen MR) is 69.3 cm³/mol. The molecule has 1 aromatic rings. The maximum atomic E-state index is 12.6. The Hall–Kier alpha value is -1.76. The van der Waals surface area contributed by atoms with Gasteiger partial charge in [0, 0.05) is 25.4 Å². The van der Waals surface area contributed by atoms with Crippen molar-refractivity contribution in [1.82, 2.24) is 5.32 Å². The molecule has 7 heteroatoms. The van der Waals surface area contributed by atoms with Gasteiger partial charge in [-0.05, 0) is 31.5 Å². The lowest BCUT2D eigenvalue weighted by molar-refractivity contribution is -0.137. The molecule has 20 heavy (non-hydrogen) atoms. The number of anilines is 1. The van der Waals surface area contributed by atoms with Crippen LogP contribution < -0.4 is 11.1 Å². The van der Waals surface area contributed by atoms with Gasteiger partial charge < -0.3 is 15.8 Å². The zero-order valence-electron chi connectivity index (χ0n) is 11.1. The van der Waals surface area contributed by atoms with Crippen LogP contribution in [0, 0.1) is 0 Å². The zero-order chi connectivity index (χ0) is 15.2. The molecule has 0 atom stereocenters. The quantitative estimate of drug-likeness (QED) is 0.625. The van der Waals surface area contributed by atoms with Crippen molar-refractivity contribution in [2.24, 2.45) is 0 Å². The summed E-state index contributed by atoms with van der Waals surface area (Å²) < 4.78 is 42.8. The fraction of sp³-hybridized carbons (Fsp3) is 0.462. The summed E-state index contributed by atoms with van der Waals surface area (Å²) in [6.45, 7) is 3.22. The summed E-state index contributed by atoms with van der Waals surface area (Å²) in [5.74, 6) is -0.620. The molecule has 0 bridgehead atoms. The van der Waals surface area contributed by atoms with E-state index in [0.29, 0.717) is 26.2 Å². The molecule has 0 aromatic heterocycles. The summed E-state index contributed by atoms with van der Waals surface area (Å²) in [6, 6.07) is 2.69. The van der Waals surface area contributed by atoms with Crippen LogP contribution in [0.2, 0.25) is 0 Å². The van der Waals surface area contributed by atoms with Crippen molar-refractivity contribution in [3.05, 3.63) is 29.3 Å². The van der Waals surface area contributed by atoms with Crippen molar-refractivity contribution in [3.8, 4) is 0 Å². The first-order valence-electron chi connectivity index (χ1n) is 6.19. The predicted octanol–water partition coefficient (Wildman–Crippen LogP) is 2.44. The summed E-state index contributed by atoms with van der Waals surface area (Å²) in [5.41, 5.74) is 4.48. The van der Waals surface area contributed by atoms with Gasteiger partial charge in [-0.2, -0.15) is 13.2 Å². The number of ether oxygens (including phenoxy) is 1. The number of alkyl halides is 3. The fourth-order valence-corrected chi connectivity index (χ4v) is 1.54. The molecule has 0 saturated heterocycles. The van der Waals surface area contributed by atoms with Crippen molar-refractivity contribution in [1.29, 1.82) is 0 Å². The number of carbonyl (C=O) groups excluding carboxylic acids is 1. The van der Waals surface area contributed by atoms with Gasteiger partial charge in [-0.3, -0.25) is 4.79 Å². The summed E-state index contributed by atoms with van der Waals surface area (Å²) >= 11 is 0. The van der Waals surface area contributed by atoms with Crippen molar-refractivity contribution in [3.63, 3.8) is 0 Å². The number of carbonyl (C=O) groups is 1. The van der Waals surface area contributed by atoms with Crippen LogP contribution in [0.3, 0.4) is 0 Å². The summed E-state index contributed by atoms with van der Waals surface area (Å²) in [5, 5.41) is 2.51. The number of amides is 1. The molecule has 0 aliphatic rings. The van der Waals surface area contributed by atoms with Gasteiger partial charge in [0.15, 0.2) is 0 Å². The van der Waals surface area contributed by atoms with Gasteiger partial charge in [0.05, 0.1) is 11.1 Å². The number of benzene rings is 1. The Labute approximate surface area is 115 Å². The molecule has 0 saturated carbocycles. The van der Waals surface area contributed by atoms with Gasteiger partial charge in [0.25, 0.3) is 5.91 Å². The molecule has 0 aliphatic carbocycles. The Balaban J connectivity index is 2.67. The second-order valence-electron chi connectivity index (χ2n) is 4.11. The number of rotatable bonds is 6. The van der Waals surface area contributed by atoms with E-state index in [1.165, 1.54) is 0 Å². The van der Waals surface area contributed by atoms with E-state index in [2.05, 4.69) is 5.32 Å². The van der Waals surface area contributed by atoms with Crippen LogP contribution in [0.1, 0.15) is 29.3 Å². The highest BCUT2D eigenvalue weighted by atomic mass is 19.4. The second kappa shape index (κ2) is 7.14. The third kappa shape index (κ3) is 4.73. The monoisotopic (exact) mass is 290 g/mol. The van der Waals surface area contributed by atoms with Crippen molar-refractivity contribution in [2.75, 3.05) is 25.5 Å². The maximum absolute atomic E-state index is 12.6. The molecule has 3 N–H and O–H groups in total. The first-order valence-corrected chi connectivity index (χ1v) is 6.19. The van der Waals surface area contributed by atoms with Crippen LogP contribution in [0.4, 0.5) is 18.9 Å². The minimum absolute atomic E-state index is 0.0142. The van der Waals surface area contributed by atoms with Crippen LogP contribution in [-0.2, 0) is 10.9 Å². The maximum Gasteiger partial charge on any atom is 0.416 e. The molecular weight excluding hydrogens is 273 g/mol. The number of nitrogens with two attached hydrogens (primary N) is 1. The molecule has 4 nitrogen and oxygen atoms in total. The third-order valence-electron chi connectivity index (χ3n) is 2.58. The van der Waals surface area contributed by atoms with Crippen LogP contribution in [0.15, 0.2) is 18.2 Å². The van der Waals surface area contributed by atoms with Crippen LogP contribution >= 0.6 is 0 Å². The first kappa shape index (κ1) is 16.3. The van der Waals surface area contributed by atoms with E-state index in [0.717, 1.165) is 18.2 Å². The highest BCUT2D eigenvalue weighted by Gasteiger charge is 2.31. The van der Waals surface area contributed by atoms with E-state index in [1.807, 2.05) is 6.92 Å². The summed E-state index contributed by atoms with van der Waals surface area (Å²) in [7, 11) is 0. The van der Waals surface area contributed by atoms with Crippen molar-refractivity contribution >= 4 is 11.6 Å². The lowest BCUT2D eigenvalue weighted by Gasteiger charge is -2.11. The number of nitrogen functional groups attached to an aromatic ring is 1. The van der Waals surface area contributed by atoms with Gasteiger partial charge >= 0.3 is 6.18 Å². The molecular formula is C13H17F3N2O2. The largest absolute Gasteiger partial charge is 0.416 e. The van der Waals surface area contributed by atoms with Gasteiger partial charge in [-0.25, -0.2) is 0 Å². The van der Waals surface area contributed by atoms with Crippen LogP contribution in [-0.4, -0.2) is 25.7 Å². The smallest absolute Gasteiger partial charge is 0.398 e. The summed E-state index contributed by atoms with van der Waals surface area (Å²) in [4.78, 5) is 11.8. The van der Waals surface area contributed by atoms with E-state index >= 15 is 0 Å². The fourth-order valence-electron chi connectivity index (χ4n) is 1.54. The lowest BCUT2D eigenvalue weighted by atomic mass is 10.1. The number of hydrogen-bond acceptors (Lipinski definition) is 3. The van der Waals surface area contributed by atoms with E-state index in [1.54, 1.807) is 0 Å². The van der Waals surface area contributed by atoms with Gasteiger partial charge in [0.1, 0.15) is 0 Å². The Kier molecular flexibility index (Phi) is 5.82. The Morgan fingerprint density at radius 3 is 2.70 bits per heavy atom. The minimum atomic E-state index is -4.50. The second-order valence-corrected chi connectivity index (χ2v) is 4.11. The molecule has 1 rings (SSSR count). The molecule has 0 unspecified atom stereocenters. The highest BCUT2D eigenvalue weighted by Crippen LogP contribution is 2.31. The number of hydrogen-bond donors (Lipinski definition) is 2. The van der Waals surface area contributed by atoms with Gasteiger partial charge in [0.2, 0.25) is 0 Å². The zero-order valence-corrected chi connectivity index (χ0v) is 11.1. The Morgan fingerprint density at radius 1 is 1.40 bits per heavy atom. The molecule has 0 heterocycles. The lowest BCUT2D eigenvalue weighted by Crippen LogP contribution is -2.26. The number of halogens is 3. The van der Waals surface area contributed by atoms with Crippen molar-refractivity contribution < 1.29 is 22.7 Å². The van der Waals surface area contributed by atoms with E-state index < -0.39 is 17.6 Å². The first-order chi connectivity index (χ1) is 9.36. The topological polar surface area (TPSA) is 64.3 Å². The SMILES string of the molecule is CCOCCCNC(=O)c1cc(C(F)(F)F)ccc1N. The highest BCUT2D eigenvalue weighted by molar-refractivity contribution is 5.99. The normalized spacial score (nSPS) is 11.4. The Morgan fingerprint density at radius 2 is 2.10 bits per heavy atom. The summed E-state index contributed by atoms with van der Waals surface area (Å²) in [6.07, 6.45) is -3.92. The number of nitrogens with one attached hydrogen (secondary N) is 1. The van der Waals surface area contributed by atoms with Gasteiger partial charge in [-0.1, -0.05) is 0 Å². The van der Waals surface area contributed by atoms with Gasteiger partial charge in [-0.15, -0.1) is 0 Å². The standard InChI is InChI=1S/C13H17F3N2O2/c1-2-20-7-3-6-18-12(19)10-8-9(13(14,15)16)4-5-11(10)17/h4-5,8H,2-3,6-7,17H2,1H3,(H,18,19). The minimum Gasteiger partial charge on any atom is -0.398 e. The molecule has 0 radical (unpaired) electrons. The van der Waals surface area contributed by atoms with Crippen LogP contribution in [0.5, 0.6) is 0 Å². The van der Waals surface area contributed by atoms with E-state index in [9.17, 15) is 18.0 Å². The molecule has 112 valence electrons. The molecule has 1 aromatic carbocycles. The van der Waals surface area contributed by atoms with Crippen molar-refractivity contribution in [2.45, 2.75) is 19.5 Å². The van der Waals surface area contributed by atoms with E-state index in [-0.39, 0.29) is 11.3 Å². The third-order valence-corrected chi connectivity index (χ3v) is 2.58. The Bertz CT molecular complexity index is 461. The average Bonchev–Trinajstić information content (AvgIpc) is 2.37. The average molecular weight is 290 g/mol. The molecule has 0 aliphatic heterocycles.